The number of rotatable bonds is 2. The topological polar surface area (TPSA) is 75.5 Å². The van der Waals surface area contributed by atoms with Crippen molar-refractivity contribution in [1.29, 1.82) is 0 Å². The Bertz CT molecular complexity index is 545. The number of benzene rings is 1. The van der Waals surface area contributed by atoms with Crippen LogP contribution in [-0.4, -0.2) is 22.8 Å². The van der Waals surface area contributed by atoms with E-state index in [9.17, 15) is 14.9 Å². The Balaban J connectivity index is 2.63. The van der Waals surface area contributed by atoms with Gasteiger partial charge in [0.05, 0.1) is 9.95 Å². The van der Waals surface area contributed by atoms with Crippen LogP contribution >= 0.6 is 11.6 Å². The van der Waals surface area contributed by atoms with Crippen molar-refractivity contribution in [2.75, 3.05) is 12.4 Å². The molecular weight excluding hydrogens is 258 g/mol. The van der Waals surface area contributed by atoms with Crippen molar-refractivity contribution in [3.05, 3.63) is 32.3 Å². The lowest BCUT2D eigenvalue weighted by molar-refractivity contribution is -0.384. The summed E-state index contributed by atoms with van der Waals surface area (Å²) in [6.45, 7) is 2.48. The van der Waals surface area contributed by atoms with E-state index in [0.717, 1.165) is 11.1 Å². The van der Waals surface area contributed by atoms with Gasteiger partial charge < -0.3 is 5.32 Å². The summed E-state index contributed by atoms with van der Waals surface area (Å²) in [5.74, 6) is -0.336. The summed E-state index contributed by atoms with van der Waals surface area (Å²) in [5, 5.41) is 13.9. The van der Waals surface area contributed by atoms with Gasteiger partial charge in [-0.15, -0.1) is 0 Å². The van der Waals surface area contributed by atoms with Gasteiger partial charge in [0, 0.05) is 31.6 Å². The quantitative estimate of drug-likeness (QED) is 0.659. The van der Waals surface area contributed by atoms with Gasteiger partial charge in [-0.1, -0.05) is 11.6 Å². The van der Waals surface area contributed by atoms with Crippen molar-refractivity contribution in [2.45, 2.75) is 20.0 Å². The fraction of sp³-hybridized carbons (Fsp3) is 0.364. The highest BCUT2D eigenvalue weighted by molar-refractivity contribution is 6.32. The average Bonchev–Trinajstić information content (AvgIpc) is 2.63. The van der Waals surface area contributed by atoms with Crippen molar-refractivity contribution in [1.82, 2.24) is 4.90 Å². The molecule has 2 rings (SSSR count). The number of nitro groups is 1. The summed E-state index contributed by atoms with van der Waals surface area (Å²) >= 11 is 6.05. The highest BCUT2D eigenvalue weighted by Crippen LogP contribution is 2.40. The van der Waals surface area contributed by atoms with Gasteiger partial charge in [-0.25, -0.2) is 0 Å². The lowest BCUT2D eigenvalue weighted by atomic mass is 10.1. The molecule has 0 fully saturated rings. The van der Waals surface area contributed by atoms with E-state index < -0.39 is 4.92 Å². The molecule has 0 aromatic heterocycles. The van der Waals surface area contributed by atoms with Gasteiger partial charge in [-0.05, 0) is 12.6 Å². The molecule has 18 heavy (non-hydrogen) atoms. The normalized spacial score (nSPS) is 14.4. The van der Waals surface area contributed by atoms with Gasteiger partial charge >= 0.3 is 0 Å². The number of carbonyl (C=O) groups excluding carboxylic acids is 1. The fourth-order valence-electron chi connectivity index (χ4n) is 2.13. The molecule has 0 saturated carbocycles. The molecule has 0 spiro atoms. The van der Waals surface area contributed by atoms with Crippen LogP contribution in [0.4, 0.5) is 11.4 Å². The number of halogens is 1. The summed E-state index contributed by atoms with van der Waals surface area (Å²) in [6.07, 6.45) is 0. The van der Waals surface area contributed by atoms with E-state index in [0.29, 0.717) is 18.1 Å². The zero-order valence-electron chi connectivity index (χ0n) is 9.99. The Morgan fingerprint density at radius 1 is 1.50 bits per heavy atom. The SMILES string of the molecule is CC(=O)Nc1c([N+](=O)[O-])cc(Cl)c2c1CN(C)C2. The number of amides is 1. The molecule has 1 aliphatic heterocycles. The monoisotopic (exact) mass is 269 g/mol. The lowest BCUT2D eigenvalue weighted by Gasteiger charge is -2.10. The maximum absolute atomic E-state index is 11.2. The molecule has 0 radical (unpaired) electrons. The zero-order chi connectivity index (χ0) is 13.4. The second-order valence-corrected chi connectivity index (χ2v) is 4.73. The van der Waals surface area contributed by atoms with E-state index >= 15 is 0 Å². The average molecular weight is 270 g/mol. The van der Waals surface area contributed by atoms with Crippen molar-refractivity contribution < 1.29 is 9.72 Å². The summed E-state index contributed by atoms with van der Waals surface area (Å²) in [7, 11) is 1.89. The van der Waals surface area contributed by atoms with Gasteiger partial charge in [0.15, 0.2) is 0 Å². The van der Waals surface area contributed by atoms with Crippen LogP contribution in [-0.2, 0) is 17.9 Å². The molecule has 0 saturated heterocycles. The summed E-state index contributed by atoms with van der Waals surface area (Å²) in [4.78, 5) is 23.6. The van der Waals surface area contributed by atoms with Gasteiger partial charge in [-0.3, -0.25) is 19.8 Å². The van der Waals surface area contributed by atoms with E-state index in [1.165, 1.54) is 13.0 Å². The number of hydrogen-bond donors (Lipinski definition) is 1. The largest absolute Gasteiger partial charge is 0.320 e. The zero-order valence-corrected chi connectivity index (χ0v) is 10.7. The Morgan fingerprint density at radius 2 is 2.11 bits per heavy atom. The molecule has 1 amide bonds. The third-order valence-corrected chi connectivity index (χ3v) is 3.16. The summed E-state index contributed by atoms with van der Waals surface area (Å²) in [5.41, 5.74) is 1.67. The highest BCUT2D eigenvalue weighted by Gasteiger charge is 2.29. The molecule has 7 heteroatoms. The molecule has 0 atom stereocenters. The standard InChI is InChI=1S/C11H12ClN3O3/c1-6(16)13-11-8-5-14(2)4-7(8)9(12)3-10(11)15(17)18/h3H,4-5H2,1-2H3,(H,13,16). The van der Waals surface area contributed by atoms with Crippen LogP contribution in [0.15, 0.2) is 6.07 Å². The van der Waals surface area contributed by atoms with Crippen LogP contribution in [0.3, 0.4) is 0 Å². The van der Waals surface area contributed by atoms with Gasteiger partial charge in [0.1, 0.15) is 5.69 Å². The lowest BCUT2D eigenvalue weighted by Crippen LogP contribution is -2.12. The Morgan fingerprint density at radius 3 is 2.67 bits per heavy atom. The van der Waals surface area contributed by atoms with Crippen LogP contribution in [0.5, 0.6) is 0 Å². The Labute approximate surface area is 109 Å². The molecule has 6 nitrogen and oxygen atoms in total. The van der Waals surface area contributed by atoms with Crippen LogP contribution in [0.1, 0.15) is 18.1 Å². The smallest absolute Gasteiger partial charge is 0.294 e. The number of fused-ring (bicyclic) bond motifs is 1. The number of hydrogen-bond acceptors (Lipinski definition) is 4. The van der Waals surface area contributed by atoms with E-state index in [4.69, 9.17) is 11.6 Å². The van der Waals surface area contributed by atoms with Gasteiger partial charge in [-0.2, -0.15) is 0 Å². The van der Waals surface area contributed by atoms with Crippen LogP contribution in [0, 0.1) is 10.1 Å². The van der Waals surface area contributed by atoms with Crippen molar-refractivity contribution >= 4 is 28.9 Å². The molecule has 96 valence electrons. The fourth-order valence-corrected chi connectivity index (χ4v) is 2.41. The van der Waals surface area contributed by atoms with Crippen molar-refractivity contribution in [3.8, 4) is 0 Å². The van der Waals surface area contributed by atoms with E-state index in [-0.39, 0.29) is 17.3 Å². The van der Waals surface area contributed by atoms with E-state index in [1.54, 1.807) is 0 Å². The molecular formula is C11H12ClN3O3. The first kappa shape index (κ1) is 12.8. The number of carbonyl (C=O) groups is 1. The van der Waals surface area contributed by atoms with Crippen LogP contribution in [0.2, 0.25) is 5.02 Å². The van der Waals surface area contributed by atoms with Crippen LogP contribution < -0.4 is 5.32 Å². The molecule has 1 aliphatic rings. The van der Waals surface area contributed by atoms with Crippen molar-refractivity contribution in [2.24, 2.45) is 0 Å². The second kappa shape index (κ2) is 4.55. The molecule has 0 aliphatic carbocycles. The number of nitrogens with one attached hydrogen (secondary N) is 1. The Kier molecular flexibility index (Phi) is 3.23. The second-order valence-electron chi connectivity index (χ2n) is 4.32. The number of nitrogens with zero attached hydrogens (tertiary/aromatic N) is 2. The number of anilines is 1. The summed E-state index contributed by atoms with van der Waals surface area (Å²) < 4.78 is 0. The van der Waals surface area contributed by atoms with Crippen molar-refractivity contribution in [3.63, 3.8) is 0 Å². The van der Waals surface area contributed by atoms with E-state index in [2.05, 4.69) is 5.32 Å². The first-order valence-electron chi connectivity index (χ1n) is 5.35. The third-order valence-electron chi connectivity index (χ3n) is 2.83. The maximum atomic E-state index is 11.2. The molecule has 1 aromatic rings. The first-order chi connectivity index (χ1) is 8.40. The highest BCUT2D eigenvalue weighted by atomic mass is 35.5. The maximum Gasteiger partial charge on any atom is 0.294 e. The summed E-state index contributed by atoms with van der Waals surface area (Å²) in [6, 6.07) is 1.30. The predicted molar refractivity (Wildman–Crippen MR) is 67.6 cm³/mol. The third kappa shape index (κ3) is 2.16. The van der Waals surface area contributed by atoms with Gasteiger partial charge in [0.2, 0.25) is 5.91 Å². The van der Waals surface area contributed by atoms with Gasteiger partial charge in [0.25, 0.3) is 5.69 Å². The minimum Gasteiger partial charge on any atom is -0.320 e. The Hall–Kier alpha value is -1.66. The van der Waals surface area contributed by atoms with Crippen LogP contribution in [0.25, 0.3) is 0 Å². The molecule has 0 unspecified atom stereocenters. The van der Waals surface area contributed by atoms with E-state index in [1.807, 2.05) is 11.9 Å². The minimum atomic E-state index is -0.532. The molecule has 1 heterocycles. The molecule has 0 bridgehead atoms. The first-order valence-corrected chi connectivity index (χ1v) is 5.72. The molecule has 1 N–H and O–H groups in total. The minimum absolute atomic E-state index is 0.163. The predicted octanol–water partition coefficient (Wildman–Crippen LogP) is 2.15. The number of nitro benzene ring substituents is 1. The molecule has 1 aromatic carbocycles.